The number of esters is 1. The van der Waals surface area contributed by atoms with Crippen LogP contribution in [0.5, 0.6) is 0 Å². The number of nitrogens with zero attached hydrogens (tertiary/aromatic N) is 2. The third-order valence-corrected chi connectivity index (χ3v) is 2.82. The molecule has 1 fully saturated rings. The first kappa shape index (κ1) is 8.74. The number of aryl methyl sites for hydroxylation is 1. The normalized spacial score (nSPS) is 15.8. The van der Waals surface area contributed by atoms with Crippen molar-refractivity contribution in [3.05, 3.63) is 16.4 Å². The van der Waals surface area contributed by atoms with Crippen molar-refractivity contribution in [3.63, 3.8) is 0 Å². The Morgan fingerprint density at radius 3 is 2.92 bits per heavy atom. The lowest BCUT2D eigenvalue weighted by molar-refractivity contribution is 0.0471. The number of carbonyl (C=O) groups is 1. The molecule has 1 saturated carbocycles. The molecule has 1 aromatic heterocycles. The van der Waals surface area contributed by atoms with Gasteiger partial charge in [0.15, 0.2) is 0 Å². The summed E-state index contributed by atoms with van der Waals surface area (Å²) in [6.07, 6.45) is 3.63. The molecule has 0 aliphatic heterocycles. The predicted molar refractivity (Wildman–Crippen MR) is 49.3 cm³/mol. The summed E-state index contributed by atoms with van der Waals surface area (Å²) in [5.74, 6) is -0.289. The van der Waals surface area contributed by atoms with Crippen molar-refractivity contribution >= 4 is 21.9 Å². The largest absolute Gasteiger partial charge is 0.459 e. The second-order valence-corrected chi connectivity index (χ2v) is 3.83. The quantitative estimate of drug-likeness (QED) is 0.741. The fourth-order valence-corrected chi connectivity index (χ4v) is 1.32. The second kappa shape index (κ2) is 3.14. The summed E-state index contributed by atoms with van der Waals surface area (Å²) in [5, 5.41) is 3.93. The first-order chi connectivity index (χ1) is 6.18. The molecule has 0 N–H and O–H groups in total. The lowest BCUT2D eigenvalue weighted by Gasteiger charge is -2.00. The van der Waals surface area contributed by atoms with Gasteiger partial charge in [0.2, 0.25) is 0 Å². The molecule has 70 valence electrons. The zero-order valence-electron chi connectivity index (χ0n) is 7.16. The van der Waals surface area contributed by atoms with E-state index < -0.39 is 0 Å². The first-order valence-electron chi connectivity index (χ1n) is 4.07. The van der Waals surface area contributed by atoms with E-state index in [-0.39, 0.29) is 12.1 Å². The summed E-state index contributed by atoms with van der Waals surface area (Å²) in [6, 6.07) is 0. The van der Waals surface area contributed by atoms with Crippen LogP contribution in [-0.2, 0) is 11.8 Å². The van der Waals surface area contributed by atoms with Gasteiger partial charge in [-0.25, -0.2) is 4.79 Å². The number of halogens is 1. The van der Waals surface area contributed by atoms with Crippen molar-refractivity contribution in [2.45, 2.75) is 18.9 Å². The highest BCUT2D eigenvalue weighted by atomic mass is 79.9. The van der Waals surface area contributed by atoms with E-state index in [9.17, 15) is 4.79 Å². The molecule has 5 heteroatoms. The third-order valence-electron chi connectivity index (χ3n) is 1.88. The van der Waals surface area contributed by atoms with Crippen LogP contribution in [0.4, 0.5) is 0 Å². The van der Waals surface area contributed by atoms with Gasteiger partial charge in [-0.15, -0.1) is 0 Å². The number of hydrogen-bond acceptors (Lipinski definition) is 3. The summed E-state index contributed by atoms with van der Waals surface area (Å²) in [5.41, 5.74) is 0.495. The van der Waals surface area contributed by atoms with Crippen LogP contribution in [0.15, 0.2) is 10.8 Å². The fourth-order valence-electron chi connectivity index (χ4n) is 0.960. The van der Waals surface area contributed by atoms with Crippen LogP contribution in [0.25, 0.3) is 0 Å². The van der Waals surface area contributed by atoms with Crippen LogP contribution in [-0.4, -0.2) is 21.9 Å². The molecule has 0 amide bonds. The third kappa shape index (κ3) is 1.75. The molecule has 1 aliphatic carbocycles. The number of rotatable bonds is 2. The molecule has 1 aromatic rings. The Labute approximate surface area is 84.0 Å². The second-order valence-electron chi connectivity index (χ2n) is 3.08. The van der Waals surface area contributed by atoms with E-state index in [1.165, 1.54) is 6.20 Å². The molecule has 0 atom stereocenters. The summed E-state index contributed by atoms with van der Waals surface area (Å²) < 4.78 is 7.37. The average molecular weight is 245 g/mol. The van der Waals surface area contributed by atoms with Crippen LogP contribution >= 0.6 is 15.9 Å². The molecule has 1 heterocycles. The maximum Gasteiger partial charge on any atom is 0.342 e. The van der Waals surface area contributed by atoms with Gasteiger partial charge in [0.05, 0.1) is 6.20 Å². The van der Waals surface area contributed by atoms with E-state index in [0.717, 1.165) is 12.8 Å². The van der Waals surface area contributed by atoms with E-state index in [1.54, 1.807) is 11.7 Å². The highest BCUT2D eigenvalue weighted by Crippen LogP contribution is 2.26. The summed E-state index contributed by atoms with van der Waals surface area (Å²) >= 11 is 3.26. The molecular formula is C8H9BrN2O2. The number of aromatic nitrogens is 2. The molecule has 0 radical (unpaired) electrons. The van der Waals surface area contributed by atoms with E-state index in [1.807, 2.05) is 0 Å². The van der Waals surface area contributed by atoms with Gasteiger partial charge in [-0.05, 0) is 28.8 Å². The zero-order chi connectivity index (χ0) is 9.42. The molecule has 0 aromatic carbocycles. The lowest BCUT2D eigenvalue weighted by Crippen LogP contribution is -2.06. The standard InChI is InChI=1S/C8H9BrN2O2/c1-11-7(9)6(4-10-11)8(12)13-5-2-3-5/h4-5H,2-3H2,1H3. The Hall–Kier alpha value is -0.840. The van der Waals surface area contributed by atoms with Crippen LogP contribution in [0.1, 0.15) is 23.2 Å². The van der Waals surface area contributed by atoms with Crippen LogP contribution < -0.4 is 0 Å². The van der Waals surface area contributed by atoms with Crippen LogP contribution in [0, 0.1) is 0 Å². The van der Waals surface area contributed by atoms with Gasteiger partial charge in [-0.2, -0.15) is 5.10 Å². The summed E-state index contributed by atoms with van der Waals surface area (Å²) in [4.78, 5) is 11.4. The molecule has 4 nitrogen and oxygen atoms in total. The Bertz CT molecular complexity index is 344. The first-order valence-corrected chi connectivity index (χ1v) is 4.86. The number of carbonyl (C=O) groups excluding carboxylic acids is 1. The lowest BCUT2D eigenvalue weighted by atomic mass is 10.4. The van der Waals surface area contributed by atoms with E-state index in [4.69, 9.17) is 4.74 Å². The van der Waals surface area contributed by atoms with Gasteiger partial charge in [0, 0.05) is 7.05 Å². The Balaban J connectivity index is 2.14. The minimum atomic E-state index is -0.289. The average Bonchev–Trinajstić information content (AvgIpc) is 2.82. The topological polar surface area (TPSA) is 44.1 Å². The molecule has 0 bridgehead atoms. The molecule has 2 rings (SSSR count). The Kier molecular flexibility index (Phi) is 2.11. The van der Waals surface area contributed by atoms with Gasteiger partial charge in [-0.3, -0.25) is 4.68 Å². The molecular weight excluding hydrogens is 236 g/mol. The zero-order valence-corrected chi connectivity index (χ0v) is 8.74. The minimum Gasteiger partial charge on any atom is -0.459 e. The van der Waals surface area contributed by atoms with Gasteiger partial charge in [0.1, 0.15) is 16.3 Å². The van der Waals surface area contributed by atoms with Crippen LogP contribution in [0.2, 0.25) is 0 Å². The Morgan fingerprint density at radius 2 is 2.46 bits per heavy atom. The van der Waals surface area contributed by atoms with Crippen LogP contribution in [0.3, 0.4) is 0 Å². The van der Waals surface area contributed by atoms with Crippen molar-refractivity contribution in [2.75, 3.05) is 0 Å². The molecule has 0 unspecified atom stereocenters. The molecule has 0 saturated heterocycles. The van der Waals surface area contributed by atoms with Crippen molar-refractivity contribution < 1.29 is 9.53 Å². The maximum absolute atomic E-state index is 11.4. The minimum absolute atomic E-state index is 0.139. The van der Waals surface area contributed by atoms with Gasteiger partial charge < -0.3 is 4.74 Å². The molecule has 0 spiro atoms. The monoisotopic (exact) mass is 244 g/mol. The highest BCUT2D eigenvalue weighted by molar-refractivity contribution is 9.10. The number of hydrogen-bond donors (Lipinski definition) is 0. The number of ether oxygens (including phenoxy) is 1. The predicted octanol–water partition coefficient (Wildman–Crippen LogP) is 1.50. The van der Waals surface area contributed by atoms with Gasteiger partial charge in [-0.1, -0.05) is 0 Å². The highest BCUT2D eigenvalue weighted by Gasteiger charge is 2.28. The van der Waals surface area contributed by atoms with Crippen molar-refractivity contribution in [2.24, 2.45) is 7.05 Å². The van der Waals surface area contributed by atoms with E-state index in [2.05, 4.69) is 21.0 Å². The van der Waals surface area contributed by atoms with Crippen molar-refractivity contribution in [3.8, 4) is 0 Å². The SMILES string of the molecule is Cn1ncc(C(=O)OC2CC2)c1Br. The van der Waals surface area contributed by atoms with E-state index in [0.29, 0.717) is 10.2 Å². The summed E-state index contributed by atoms with van der Waals surface area (Å²) in [7, 11) is 1.76. The Morgan fingerprint density at radius 1 is 1.77 bits per heavy atom. The van der Waals surface area contributed by atoms with Gasteiger partial charge in [0.25, 0.3) is 0 Å². The van der Waals surface area contributed by atoms with E-state index >= 15 is 0 Å². The van der Waals surface area contributed by atoms with Crippen molar-refractivity contribution in [1.82, 2.24) is 9.78 Å². The smallest absolute Gasteiger partial charge is 0.342 e. The fraction of sp³-hybridized carbons (Fsp3) is 0.500. The molecule has 1 aliphatic rings. The summed E-state index contributed by atoms with van der Waals surface area (Å²) in [6.45, 7) is 0. The van der Waals surface area contributed by atoms with Gasteiger partial charge >= 0.3 is 5.97 Å². The maximum atomic E-state index is 11.4. The molecule has 13 heavy (non-hydrogen) atoms. The van der Waals surface area contributed by atoms with Crippen molar-refractivity contribution in [1.29, 1.82) is 0 Å².